The molecule has 0 amide bonds. The molecule has 2 heterocycles. The molecular weight excluding hydrogens is 432 g/mol. The maximum atomic E-state index is 6.85. The minimum atomic E-state index is 0.383. The van der Waals surface area contributed by atoms with E-state index in [1.165, 1.54) is 141 Å². The molecule has 2 aliphatic rings. The van der Waals surface area contributed by atoms with E-state index in [-0.39, 0.29) is 0 Å². The monoisotopic (exact) mass is 494 g/mol. The third-order valence-electron chi connectivity index (χ3n) is 8.28. The number of hydrogen-bond acceptors (Lipinski definition) is 3. The van der Waals surface area contributed by atoms with Gasteiger partial charge >= 0.3 is 0 Å². The van der Waals surface area contributed by atoms with Crippen molar-refractivity contribution in [1.29, 1.82) is 0 Å². The van der Waals surface area contributed by atoms with E-state index in [2.05, 4.69) is 13.8 Å². The SMILES string of the molecule is CCCCCCCCCCCC(CC1CCO1)OC(CCCCCCCCCCC)CC1CCO1. The van der Waals surface area contributed by atoms with Crippen molar-refractivity contribution in [2.75, 3.05) is 13.2 Å². The van der Waals surface area contributed by atoms with Crippen LogP contribution in [0.15, 0.2) is 0 Å². The molecule has 0 bridgehead atoms. The summed E-state index contributed by atoms with van der Waals surface area (Å²) in [6.45, 7) is 6.50. The van der Waals surface area contributed by atoms with Gasteiger partial charge < -0.3 is 14.2 Å². The zero-order chi connectivity index (χ0) is 24.8. The van der Waals surface area contributed by atoms with Crippen LogP contribution < -0.4 is 0 Å². The summed E-state index contributed by atoms with van der Waals surface area (Å²) in [5.74, 6) is 0. The fourth-order valence-corrected chi connectivity index (χ4v) is 5.65. The van der Waals surface area contributed by atoms with Crippen molar-refractivity contribution in [3.8, 4) is 0 Å². The summed E-state index contributed by atoms with van der Waals surface area (Å²) in [6, 6.07) is 0. The first-order valence-electron chi connectivity index (χ1n) is 16.2. The topological polar surface area (TPSA) is 27.7 Å². The fourth-order valence-electron chi connectivity index (χ4n) is 5.65. The van der Waals surface area contributed by atoms with Gasteiger partial charge in [0, 0.05) is 13.2 Å². The van der Waals surface area contributed by atoms with Gasteiger partial charge in [-0.1, -0.05) is 129 Å². The van der Waals surface area contributed by atoms with Crippen molar-refractivity contribution in [2.45, 2.75) is 192 Å². The Bertz CT molecular complexity index is 406. The lowest BCUT2D eigenvalue weighted by atomic mass is 9.97. The molecule has 2 aliphatic heterocycles. The molecular formula is C32H62O3. The first-order valence-corrected chi connectivity index (χ1v) is 16.2. The summed E-state index contributed by atoms with van der Waals surface area (Å²) in [5.41, 5.74) is 0. The van der Waals surface area contributed by atoms with Gasteiger partial charge in [-0.2, -0.15) is 0 Å². The van der Waals surface area contributed by atoms with Crippen LogP contribution in [0.25, 0.3) is 0 Å². The second kappa shape index (κ2) is 21.9. The lowest BCUT2D eigenvalue weighted by molar-refractivity contribution is -0.124. The van der Waals surface area contributed by atoms with Crippen molar-refractivity contribution in [1.82, 2.24) is 0 Å². The minimum absolute atomic E-state index is 0.383. The Morgan fingerprint density at radius 2 is 0.829 bits per heavy atom. The summed E-state index contributed by atoms with van der Waals surface area (Å²) < 4.78 is 18.5. The molecule has 35 heavy (non-hydrogen) atoms. The van der Waals surface area contributed by atoms with E-state index in [1.54, 1.807) is 0 Å². The van der Waals surface area contributed by atoms with Crippen LogP contribution in [0.2, 0.25) is 0 Å². The highest BCUT2D eigenvalue weighted by atomic mass is 16.5. The molecule has 0 saturated carbocycles. The molecule has 2 rings (SSSR count). The predicted molar refractivity (Wildman–Crippen MR) is 150 cm³/mol. The van der Waals surface area contributed by atoms with Crippen LogP contribution in [0.5, 0.6) is 0 Å². The maximum Gasteiger partial charge on any atom is 0.0621 e. The summed E-state index contributed by atoms with van der Waals surface area (Å²) in [6.07, 6.45) is 33.9. The van der Waals surface area contributed by atoms with E-state index in [0.29, 0.717) is 24.4 Å². The smallest absolute Gasteiger partial charge is 0.0621 e. The molecule has 0 radical (unpaired) electrons. The highest BCUT2D eigenvalue weighted by Crippen LogP contribution is 2.27. The van der Waals surface area contributed by atoms with Crippen LogP contribution in [0.4, 0.5) is 0 Å². The van der Waals surface area contributed by atoms with E-state index in [4.69, 9.17) is 14.2 Å². The molecule has 0 aliphatic carbocycles. The highest BCUT2D eigenvalue weighted by molar-refractivity contribution is 4.77. The van der Waals surface area contributed by atoms with Crippen LogP contribution in [0.3, 0.4) is 0 Å². The molecule has 0 spiro atoms. The lowest BCUT2D eigenvalue weighted by Crippen LogP contribution is -2.36. The second-order valence-electron chi connectivity index (χ2n) is 11.6. The Balaban J connectivity index is 1.63. The van der Waals surface area contributed by atoms with E-state index in [0.717, 1.165) is 26.1 Å². The molecule has 2 fully saturated rings. The van der Waals surface area contributed by atoms with Crippen LogP contribution >= 0.6 is 0 Å². The maximum absolute atomic E-state index is 6.85. The molecule has 3 heteroatoms. The molecule has 208 valence electrons. The molecule has 2 saturated heterocycles. The van der Waals surface area contributed by atoms with Crippen LogP contribution in [-0.4, -0.2) is 37.6 Å². The lowest BCUT2D eigenvalue weighted by Gasteiger charge is -2.35. The summed E-state index contributed by atoms with van der Waals surface area (Å²) in [4.78, 5) is 0. The average molecular weight is 495 g/mol. The number of rotatable bonds is 26. The molecule has 0 aromatic rings. The number of ether oxygens (including phenoxy) is 3. The van der Waals surface area contributed by atoms with Crippen molar-refractivity contribution in [3.63, 3.8) is 0 Å². The van der Waals surface area contributed by atoms with Gasteiger partial charge in [0.25, 0.3) is 0 Å². The molecule has 0 aromatic heterocycles. The van der Waals surface area contributed by atoms with Gasteiger partial charge in [-0.05, 0) is 38.5 Å². The largest absolute Gasteiger partial charge is 0.378 e. The van der Waals surface area contributed by atoms with Gasteiger partial charge in [-0.15, -0.1) is 0 Å². The minimum Gasteiger partial charge on any atom is -0.378 e. The Morgan fingerprint density at radius 3 is 1.11 bits per heavy atom. The fraction of sp³-hybridized carbons (Fsp3) is 1.00. The average Bonchev–Trinajstić information content (AvgIpc) is 2.80. The highest BCUT2D eigenvalue weighted by Gasteiger charge is 2.28. The molecule has 0 N–H and O–H groups in total. The molecule has 3 nitrogen and oxygen atoms in total. The van der Waals surface area contributed by atoms with Gasteiger partial charge in [-0.3, -0.25) is 0 Å². The zero-order valence-corrected chi connectivity index (χ0v) is 23.9. The van der Waals surface area contributed by atoms with Crippen LogP contribution in [0.1, 0.15) is 168 Å². The first kappa shape index (κ1) is 31.1. The number of hydrogen-bond donors (Lipinski definition) is 0. The predicted octanol–water partition coefficient (Wildman–Crippen LogP) is 9.94. The van der Waals surface area contributed by atoms with Gasteiger partial charge in [0.15, 0.2) is 0 Å². The van der Waals surface area contributed by atoms with E-state index < -0.39 is 0 Å². The Kier molecular flexibility index (Phi) is 19.5. The van der Waals surface area contributed by atoms with Crippen LogP contribution in [-0.2, 0) is 14.2 Å². The van der Waals surface area contributed by atoms with E-state index >= 15 is 0 Å². The van der Waals surface area contributed by atoms with Gasteiger partial charge in [0.1, 0.15) is 0 Å². The zero-order valence-electron chi connectivity index (χ0n) is 23.9. The summed E-state index contributed by atoms with van der Waals surface area (Å²) in [5, 5.41) is 0. The third-order valence-corrected chi connectivity index (χ3v) is 8.28. The third kappa shape index (κ3) is 16.4. The molecule has 4 atom stereocenters. The van der Waals surface area contributed by atoms with Crippen molar-refractivity contribution >= 4 is 0 Å². The van der Waals surface area contributed by atoms with Gasteiger partial charge in [0.2, 0.25) is 0 Å². The quantitative estimate of drug-likeness (QED) is 0.112. The van der Waals surface area contributed by atoms with Crippen molar-refractivity contribution in [3.05, 3.63) is 0 Å². The normalized spacial score (nSPS) is 21.4. The standard InChI is InChI=1S/C32H62O3/c1-3-5-7-9-11-13-15-17-19-21-31(27-29-23-25-33-29)35-32(28-30-24-26-34-30)22-20-18-16-14-12-10-8-6-4-2/h29-32H,3-28H2,1-2H3. The Morgan fingerprint density at radius 1 is 0.514 bits per heavy atom. The molecule has 0 aromatic carbocycles. The Labute approximate surface area is 219 Å². The number of unbranched alkanes of at least 4 members (excludes halogenated alkanes) is 16. The van der Waals surface area contributed by atoms with Crippen molar-refractivity contribution < 1.29 is 14.2 Å². The Hall–Kier alpha value is -0.120. The summed E-state index contributed by atoms with van der Waals surface area (Å²) >= 11 is 0. The second-order valence-corrected chi connectivity index (χ2v) is 11.6. The first-order chi connectivity index (χ1) is 17.3. The van der Waals surface area contributed by atoms with Crippen LogP contribution in [0, 0.1) is 0 Å². The summed E-state index contributed by atoms with van der Waals surface area (Å²) in [7, 11) is 0. The molecule has 4 unspecified atom stereocenters. The van der Waals surface area contributed by atoms with Gasteiger partial charge in [0.05, 0.1) is 24.4 Å². The van der Waals surface area contributed by atoms with E-state index in [1.807, 2.05) is 0 Å². The van der Waals surface area contributed by atoms with Gasteiger partial charge in [-0.25, -0.2) is 0 Å². The van der Waals surface area contributed by atoms with Crippen molar-refractivity contribution in [2.24, 2.45) is 0 Å². The van der Waals surface area contributed by atoms with E-state index in [9.17, 15) is 0 Å².